The maximum Gasteiger partial charge on any atom is 0.402 e. The lowest BCUT2D eigenvalue weighted by Crippen LogP contribution is -2.28. The van der Waals surface area contributed by atoms with Gasteiger partial charge in [0.25, 0.3) is 0 Å². The zero-order valence-electron chi connectivity index (χ0n) is 15.3. The van der Waals surface area contributed by atoms with Crippen molar-refractivity contribution in [2.75, 3.05) is 13.1 Å². The van der Waals surface area contributed by atoms with Crippen LogP contribution in [-0.2, 0) is 21.1 Å². The lowest BCUT2D eigenvalue weighted by molar-refractivity contribution is -0.231. The Bertz CT molecular complexity index is 882. The summed E-state index contributed by atoms with van der Waals surface area (Å²) in [6.45, 7) is 3.77. The van der Waals surface area contributed by atoms with E-state index in [1.807, 2.05) is 22.8 Å². The van der Waals surface area contributed by atoms with Gasteiger partial charge in [0.05, 0.1) is 0 Å². The Morgan fingerprint density at radius 3 is 2.59 bits per heavy atom. The van der Waals surface area contributed by atoms with Crippen LogP contribution in [0.3, 0.4) is 0 Å². The van der Waals surface area contributed by atoms with Gasteiger partial charge in [-0.1, -0.05) is 11.6 Å². The molecule has 1 aromatic heterocycles. The van der Waals surface area contributed by atoms with Crippen LogP contribution in [0.25, 0.3) is 10.9 Å². The zero-order chi connectivity index (χ0) is 19.0. The maximum absolute atomic E-state index is 12.9. The second-order valence-electron chi connectivity index (χ2n) is 7.45. The monoisotopic (exact) mass is 390 g/mol. The number of hydrogen-bond donors (Lipinski definition) is 1. The summed E-state index contributed by atoms with van der Waals surface area (Å²) in [5.74, 6) is -0.476. The molecule has 1 saturated carbocycles. The molecule has 0 unspecified atom stereocenters. The highest BCUT2D eigenvalue weighted by Crippen LogP contribution is 2.40. The van der Waals surface area contributed by atoms with Crippen molar-refractivity contribution in [3.05, 3.63) is 34.5 Å². The van der Waals surface area contributed by atoms with Crippen LogP contribution in [0.2, 0.25) is 5.02 Å². The van der Waals surface area contributed by atoms with E-state index in [2.05, 4.69) is 10.2 Å². The fraction of sp³-hybridized carbons (Fsp3) is 0.500. The fourth-order valence-corrected chi connectivity index (χ4v) is 4.15. The molecule has 6 nitrogen and oxygen atoms in total. The molecule has 2 heterocycles. The predicted octanol–water partition coefficient (Wildman–Crippen LogP) is 3.81. The summed E-state index contributed by atoms with van der Waals surface area (Å²) < 4.78 is 2.03. The van der Waals surface area contributed by atoms with Crippen LogP contribution in [0.4, 0.5) is 0 Å². The molecule has 144 valence electrons. The third-order valence-corrected chi connectivity index (χ3v) is 5.61. The number of benzene rings is 1. The first-order valence-corrected chi connectivity index (χ1v) is 9.84. The van der Waals surface area contributed by atoms with Crippen molar-refractivity contribution in [2.24, 2.45) is 5.92 Å². The van der Waals surface area contributed by atoms with Crippen LogP contribution in [0.1, 0.15) is 54.6 Å². The highest BCUT2D eigenvalue weighted by Gasteiger charge is 2.33. The number of fused-ring (bicyclic) bond motifs is 1. The van der Waals surface area contributed by atoms with E-state index in [1.54, 1.807) is 0 Å². The van der Waals surface area contributed by atoms with Crippen molar-refractivity contribution in [3.63, 3.8) is 0 Å². The van der Waals surface area contributed by atoms with Crippen molar-refractivity contribution in [1.29, 1.82) is 0 Å². The van der Waals surface area contributed by atoms with Crippen molar-refractivity contribution in [3.8, 4) is 0 Å². The Kier molecular flexibility index (Phi) is 5.10. The summed E-state index contributed by atoms with van der Waals surface area (Å²) in [5, 5.41) is 4.99. The van der Waals surface area contributed by atoms with E-state index >= 15 is 0 Å². The van der Waals surface area contributed by atoms with Crippen LogP contribution >= 0.6 is 11.6 Å². The van der Waals surface area contributed by atoms with Crippen LogP contribution in [0.5, 0.6) is 0 Å². The molecule has 2 fully saturated rings. The highest BCUT2D eigenvalue weighted by atomic mass is 35.5. The number of halogens is 1. The fourth-order valence-electron chi connectivity index (χ4n) is 3.98. The lowest BCUT2D eigenvalue weighted by atomic mass is 9.88. The number of nitrogens with zero attached hydrogens (tertiary/aromatic N) is 1. The molecule has 4 rings (SSSR count). The first-order valence-electron chi connectivity index (χ1n) is 9.46. The second-order valence-corrected chi connectivity index (χ2v) is 7.88. The molecule has 2 aromatic rings. The molecular weight excluding hydrogens is 368 g/mol. The number of piperidine rings is 1. The summed E-state index contributed by atoms with van der Waals surface area (Å²) in [6, 6.07) is 5.74. The quantitative estimate of drug-likeness (QED) is 0.635. The first-order chi connectivity index (χ1) is 13.0. The maximum atomic E-state index is 12.9. The van der Waals surface area contributed by atoms with Gasteiger partial charge in [0.2, 0.25) is 0 Å². The lowest BCUT2D eigenvalue weighted by Gasteiger charge is -2.23. The number of rotatable bonds is 4. The predicted molar refractivity (Wildman–Crippen MR) is 102 cm³/mol. The summed E-state index contributed by atoms with van der Waals surface area (Å²) in [4.78, 5) is 33.5. The van der Waals surface area contributed by atoms with Crippen LogP contribution in [-0.4, -0.2) is 29.6 Å². The van der Waals surface area contributed by atoms with Gasteiger partial charge in [0.15, 0.2) is 0 Å². The number of hydrogen-bond acceptors (Lipinski definition) is 5. The molecule has 1 aliphatic carbocycles. The molecule has 0 radical (unpaired) electrons. The zero-order valence-corrected chi connectivity index (χ0v) is 16.1. The molecule has 1 saturated heterocycles. The molecule has 1 N–H and O–H groups in total. The Morgan fingerprint density at radius 1 is 1.19 bits per heavy atom. The molecule has 1 aliphatic heterocycles. The summed E-state index contributed by atoms with van der Waals surface area (Å²) >= 11 is 6.28. The Morgan fingerprint density at radius 2 is 1.93 bits per heavy atom. The van der Waals surface area contributed by atoms with E-state index in [0.717, 1.165) is 61.8 Å². The minimum absolute atomic E-state index is 0.229. The number of aromatic nitrogens is 1. The molecule has 0 atom stereocenters. The smallest absolute Gasteiger partial charge is 0.334 e. The van der Waals surface area contributed by atoms with E-state index in [1.165, 1.54) is 6.92 Å². The van der Waals surface area contributed by atoms with Gasteiger partial charge in [0, 0.05) is 29.4 Å². The van der Waals surface area contributed by atoms with Crippen LogP contribution < -0.4 is 5.32 Å². The summed E-state index contributed by atoms with van der Waals surface area (Å²) in [7, 11) is 0. The van der Waals surface area contributed by atoms with E-state index in [0.29, 0.717) is 16.6 Å². The molecule has 1 aromatic carbocycles. The van der Waals surface area contributed by atoms with Crippen molar-refractivity contribution in [1.82, 2.24) is 9.88 Å². The molecule has 27 heavy (non-hydrogen) atoms. The van der Waals surface area contributed by atoms with Gasteiger partial charge in [-0.3, -0.25) is 0 Å². The van der Waals surface area contributed by atoms with Gasteiger partial charge in [-0.05, 0) is 74.4 Å². The average molecular weight is 391 g/mol. The highest BCUT2D eigenvalue weighted by molar-refractivity contribution is 6.31. The van der Waals surface area contributed by atoms with Gasteiger partial charge < -0.3 is 9.88 Å². The first kappa shape index (κ1) is 18.3. The minimum Gasteiger partial charge on any atom is -0.334 e. The number of carbonyl (C=O) groups excluding carboxylic acids is 2. The van der Waals surface area contributed by atoms with E-state index in [-0.39, 0.29) is 5.92 Å². The van der Waals surface area contributed by atoms with Crippen molar-refractivity contribution in [2.45, 2.75) is 45.1 Å². The van der Waals surface area contributed by atoms with Gasteiger partial charge in [-0.2, -0.15) is 0 Å². The standard InChI is InChI=1S/C20H23ClN2O4/c1-12(24)26-27-20(25)19-18(14-6-8-22-9-7-14)16-10-15(21)4-5-17(16)23(19)11-13-2-3-13/h4-5,10,13-14,22H,2-3,6-9,11H2,1H3. The third kappa shape index (κ3) is 3.82. The Labute approximate surface area is 162 Å². The molecular formula is C20H23ClN2O4. The Balaban J connectivity index is 1.86. The SMILES string of the molecule is CC(=O)OOC(=O)c1c(C2CCNCC2)c2cc(Cl)ccc2n1CC1CC1. The average Bonchev–Trinajstić information content (AvgIpc) is 3.42. The van der Waals surface area contributed by atoms with Crippen molar-refractivity contribution < 1.29 is 19.4 Å². The summed E-state index contributed by atoms with van der Waals surface area (Å²) in [6.07, 6.45) is 4.19. The topological polar surface area (TPSA) is 69.6 Å². The van der Waals surface area contributed by atoms with Gasteiger partial charge in [-0.15, -0.1) is 0 Å². The van der Waals surface area contributed by atoms with Crippen molar-refractivity contribution >= 4 is 34.4 Å². The van der Waals surface area contributed by atoms with Gasteiger partial charge in [0.1, 0.15) is 5.69 Å². The van der Waals surface area contributed by atoms with Gasteiger partial charge in [-0.25, -0.2) is 19.4 Å². The second kappa shape index (κ2) is 7.52. The van der Waals surface area contributed by atoms with E-state index in [9.17, 15) is 9.59 Å². The summed E-state index contributed by atoms with van der Waals surface area (Å²) in [5.41, 5.74) is 2.44. The Hall–Kier alpha value is -2.05. The molecule has 7 heteroatoms. The largest absolute Gasteiger partial charge is 0.402 e. The number of carbonyl (C=O) groups is 2. The third-order valence-electron chi connectivity index (χ3n) is 5.38. The molecule has 0 amide bonds. The normalized spacial score (nSPS) is 17.9. The van der Waals surface area contributed by atoms with Crippen LogP contribution in [0, 0.1) is 5.92 Å². The number of nitrogens with one attached hydrogen (secondary N) is 1. The molecule has 0 spiro atoms. The van der Waals surface area contributed by atoms with Gasteiger partial charge >= 0.3 is 11.9 Å². The molecule has 2 aliphatic rings. The van der Waals surface area contributed by atoms with Crippen LogP contribution in [0.15, 0.2) is 18.2 Å². The minimum atomic E-state index is -0.653. The van der Waals surface area contributed by atoms with E-state index in [4.69, 9.17) is 16.5 Å². The van der Waals surface area contributed by atoms with E-state index < -0.39 is 11.9 Å². The molecule has 0 bridgehead atoms.